The highest BCUT2D eigenvalue weighted by Gasteiger charge is 2.19. The van der Waals surface area contributed by atoms with Crippen molar-refractivity contribution in [3.63, 3.8) is 0 Å². The van der Waals surface area contributed by atoms with E-state index in [1.807, 2.05) is 26.0 Å². The van der Waals surface area contributed by atoms with E-state index in [-0.39, 0.29) is 5.91 Å². The van der Waals surface area contributed by atoms with Crippen LogP contribution >= 0.6 is 0 Å². The van der Waals surface area contributed by atoms with Crippen molar-refractivity contribution in [3.05, 3.63) is 29.8 Å². The molecule has 1 rings (SSSR count). The average molecular weight is 231 g/mol. The first-order chi connectivity index (χ1) is 7.99. The van der Waals surface area contributed by atoms with Crippen LogP contribution in [0, 0.1) is 11.3 Å². The summed E-state index contributed by atoms with van der Waals surface area (Å²) >= 11 is 0. The van der Waals surface area contributed by atoms with E-state index in [0.717, 1.165) is 11.3 Å². The Morgan fingerprint density at radius 3 is 2.47 bits per heavy atom. The zero-order chi connectivity index (χ0) is 12.9. The number of carbonyl (C=O) groups excluding carboxylic acids is 1. The molecule has 0 heterocycles. The van der Waals surface area contributed by atoms with E-state index in [1.165, 1.54) is 0 Å². The van der Waals surface area contributed by atoms with Gasteiger partial charge < -0.3 is 11.1 Å². The Kier molecular flexibility index (Phi) is 4.24. The second-order valence-corrected chi connectivity index (χ2v) is 4.40. The van der Waals surface area contributed by atoms with Crippen LogP contribution in [0.2, 0.25) is 0 Å². The average Bonchev–Trinajstić information content (AvgIpc) is 2.30. The summed E-state index contributed by atoms with van der Waals surface area (Å²) in [5, 5.41) is 11.7. The summed E-state index contributed by atoms with van der Waals surface area (Å²) in [6, 6.07) is 9.52. The Balaban J connectivity index is 2.76. The van der Waals surface area contributed by atoms with E-state index >= 15 is 0 Å². The Hall–Kier alpha value is -1.86. The molecule has 4 heteroatoms. The molecule has 0 saturated carbocycles. The summed E-state index contributed by atoms with van der Waals surface area (Å²) in [7, 11) is 0. The van der Waals surface area contributed by atoms with Crippen LogP contribution in [-0.2, 0) is 10.2 Å². The van der Waals surface area contributed by atoms with Gasteiger partial charge in [0.2, 0.25) is 5.91 Å². The van der Waals surface area contributed by atoms with Crippen LogP contribution in [0.4, 0.5) is 5.69 Å². The van der Waals surface area contributed by atoms with Crippen LogP contribution in [0.1, 0.15) is 25.8 Å². The molecule has 0 atom stereocenters. The molecular weight excluding hydrogens is 214 g/mol. The van der Waals surface area contributed by atoms with Crippen molar-refractivity contribution >= 4 is 11.6 Å². The number of benzene rings is 1. The topological polar surface area (TPSA) is 78.9 Å². The maximum absolute atomic E-state index is 11.3. The molecule has 0 aliphatic heterocycles. The molecule has 0 saturated heterocycles. The third-order valence-corrected chi connectivity index (χ3v) is 2.54. The number of rotatable bonds is 4. The Morgan fingerprint density at radius 2 is 2.00 bits per heavy atom. The fraction of sp³-hybridized carbons (Fsp3) is 0.385. The van der Waals surface area contributed by atoms with Crippen LogP contribution in [0.3, 0.4) is 0 Å². The molecule has 0 aliphatic rings. The maximum Gasteiger partial charge on any atom is 0.225 e. The van der Waals surface area contributed by atoms with Gasteiger partial charge in [-0.3, -0.25) is 4.79 Å². The molecule has 4 nitrogen and oxygen atoms in total. The number of nitrogens with two attached hydrogens (primary N) is 1. The molecule has 0 unspecified atom stereocenters. The van der Waals surface area contributed by atoms with Gasteiger partial charge >= 0.3 is 0 Å². The predicted octanol–water partition coefficient (Wildman–Crippen LogP) is 1.78. The maximum atomic E-state index is 11.3. The number of hydrogen-bond donors (Lipinski definition) is 2. The first-order valence-corrected chi connectivity index (χ1v) is 5.51. The third-order valence-electron chi connectivity index (χ3n) is 2.54. The number of carbonyl (C=O) groups is 1. The van der Waals surface area contributed by atoms with Gasteiger partial charge in [0.05, 0.1) is 11.5 Å². The highest BCUT2D eigenvalue weighted by molar-refractivity contribution is 5.90. The SMILES string of the molecule is CC(C)(C#N)c1ccc(NC(=O)CCN)cc1. The third kappa shape index (κ3) is 3.58. The lowest BCUT2D eigenvalue weighted by molar-refractivity contribution is -0.116. The monoisotopic (exact) mass is 231 g/mol. The minimum atomic E-state index is -0.514. The van der Waals surface area contributed by atoms with Gasteiger partial charge in [-0.1, -0.05) is 12.1 Å². The van der Waals surface area contributed by atoms with Crippen LogP contribution < -0.4 is 11.1 Å². The number of anilines is 1. The lowest BCUT2D eigenvalue weighted by atomic mass is 9.86. The van der Waals surface area contributed by atoms with Crippen molar-refractivity contribution < 1.29 is 4.79 Å². The highest BCUT2D eigenvalue weighted by atomic mass is 16.1. The largest absolute Gasteiger partial charge is 0.330 e. The van der Waals surface area contributed by atoms with Crippen LogP contribution in [0.5, 0.6) is 0 Å². The highest BCUT2D eigenvalue weighted by Crippen LogP contribution is 2.23. The number of nitrogens with one attached hydrogen (secondary N) is 1. The van der Waals surface area contributed by atoms with Gasteiger partial charge in [0.15, 0.2) is 0 Å². The lowest BCUT2D eigenvalue weighted by Gasteiger charge is -2.16. The second-order valence-electron chi connectivity index (χ2n) is 4.40. The number of nitrogens with zero attached hydrogens (tertiary/aromatic N) is 1. The van der Waals surface area contributed by atoms with E-state index in [4.69, 9.17) is 11.0 Å². The van der Waals surface area contributed by atoms with Gasteiger partial charge in [-0.05, 0) is 31.5 Å². The molecule has 0 fully saturated rings. The van der Waals surface area contributed by atoms with Gasteiger partial charge in [0.25, 0.3) is 0 Å². The van der Waals surface area contributed by atoms with Gasteiger partial charge in [-0.2, -0.15) is 5.26 Å². The standard InChI is InChI=1S/C13H17N3O/c1-13(2,9-15)10-3-5-11(6-4-10)16-12(17)7-8-14/h3-6H,7-8,14H2,1-2H3,(H,16,17). The quantitative estimate of drug-likeness (QED) is 0.828. The van der Waals surface area contributed by atoms with Crippen molar-refractivity contribution in [2.24, 2.45) is 5.73 Å². The van der Waals surface area contributed by atoms with Gasteiger partial charge in [-0.15, -0.1) is 0 Å². The smallest absolute Gasteiger partial charge is 0.225 e. The molecule has 0 radical (unpaired) electrons. The van der Waals surface area contributed by atoms with Gasteiger partial charge in [-0.25, -0.2) is 0 Å². The fourth-order valence-corrected chi connectivity index (χ4v) is 1.39. The van der Waals surface area contributed by atoms with Crippen molar-refractivity contribution in [2.75, 3.05) is 11.9 Å². The molecule has 1 aromatic rings. The summed E-state index contributed by atoms with van der Waals surface area (Å²) in [4.78, 5) is 11.3. The molecule has 1 amide bonds. The van der Waals surface area contributed by atoms with Crippen molar-refractivity contribution in [1.82, 2.24) is 0 Å². The van der Waals surface area contributed by atoms with E-state index in [0.29, 0.717) is 13.0 Å². The second kappa shape index (κ2) is 5.46. The first kappa shape index (κ1) is 13.2. The molecule has 90 valence electrons. The zero-order valence-electron chi connectivity index (χ0n) is 10.2. The number of hydrogen-bond acceptors (Lipinski definition) is 3. The number of nitriles is 1. The molecule has 0 aromatic heterocycles. The van der Waals surface area contributed by atoms with Crippen molar-refractivity contribution in [3.8, 4) is 6.07 Å². The van der Waals surface area contributed by atoms with Crippen LogP contribution in [0.15, 0.2) is 24.3 Å². The van der Waals surface area contributed by atoms with Crippen molar-refractivity contribution in [1.29, 1.82) is 5.26 Å². The molecule has 3 N–H and O–H groups in total. The predicted molar refractivity (Wildman–Crippen MR) is 67.4 cm³/mol. The van der Waals surface area contributed by atoms with E-state index < -0.39 is 5.41 Å². The Labute approximate surface area is 101 Å². The zero-order valence-corrected chi connectivity index (χ0v) is 10.2. The normalized spacial score (nSPS) is 10.7. The summed E-state index contributed by atoms with van der Waals surface area (Å²) in [5.41, 5.74) is 6.42. The minimum absolute atomic E-state index is 0.0974. The fourth-order valence-electron chi connectivity index (χ4n) is 1.39. The Bertz CT molecular complexity index is 429. The Morgan fingerprint density at radius 1 is 1.41 bits per heavy atom. The minimum Gasteiger partial charge on any atom is -0.330 e. The molecular formula is C13H17N3O. The molecule has 0 spiro atoms. The van der Waals surface area contributed by atoms with Crippen LogP contribution in [0.25, 0.3) is 0 Å². The molecule has 0 bridgehead atoms. The summed E-state index contributed by atoms with van der Waals surface area (Å²) < 4.78 is 0. The summed E-state index contributed by atoms with van der Waals surface area (Å²) in [6.45, 7) is 4.05. The number of amides is 1. The summed E-state index contributed by atoms with van der Waals surface area (Å²) in [6.07, 6.45) is 0.311. The summed E-state index contributed by atoms with van der Waals surface area (Å²) in [5.74, 6) is -0.0974. The molecule has 17 heavy (non-hydrogen) atoms. The lowest BCUT2D eigenvalue weighted by Crippen LogP contribution is -2.17. The molecule has 1 aromatic carbocycles. The van der Waals surface area contributed by atoms with Gasteiger partial charge in [0.1, 0.15) is 0 Å². The van der Waals surface area contributed by atoms with Gasteiger partial charge in [0, 0.05) is 18.7 Å². The van der Waals surface area contributed by atoms with Crippen LogP contribution in [-0.4, -0.2) is 12.5 Å². The van der Waals surface area contributed by atoms with E-state index in [1.54, 1.807) is 12.1 Å². The molecule has 0 aliphatic carbocycles. The first-order valence-electron chi connectivity index (χ1n) is 5.51. The van der Waals surface area contributed by atoms with E-state index in [2.05, 4.69) is 11.4 Å². The van der Waals surface area contributed by atoms with Crippen molar-refractivity contribution in [2.45, 2.75) is 25.7 Å². The van der Waals surface area contributed by atoms with E-state index in [9.17, 15) is 4.79 Å².